The molecule has 1 atom stereocenters. The highest BCUT2D eigenvalue weighted by Crippen LogP contribution is 2.18. The Labute approximate surface area is 67.4 Å². The third-order valence-electron chi connectivity index (χ3n) is 2.07. The molecule has 3 nitrogen and oxygen atoms in total. The van der Waals surface area contributed by atoms with Crippen molar-refractivity contribution in [3.63, 3.8) is 0 Å². The first-order chi connectivity index (χ1) is 5.36. The van der Waals surface area contributed by atoms with Crippen LogP contribution >= 0.6 is 0 Å². The van der Waals surface area contributed by atoms with Crippen LogP contribution in [0.2, 0.25) is 0 Å². The lowest BCUT2D eigenvalue weighted by Crippen LogP contribution is -2.27. The van der Waals surface area contributed by atoms with Gasteiger partial charge in [0.1, 0.15) is 0 Å². The Hall–Kier alpha value is -0.120. The smallest absolute Gasteiger partial charge is 0.0472 e. The van der Waals surface area contributed by atoms with E-state index in [0.717, 1.165) is 6.54 Å². The number of aliphatic hydroxyl groups is 2. The van der Waals surface area contributed by atoms with Gasteiger partial charge < -0.3 is 15.5 Å². The van der Waals surface area contributed by atoms with Gasteiger partial charge in [0.05, 0.1) is 0 Å². The zero-order chi connectivity index (χ0) is 8.10. The summed E-state index contributed by atoms with van der Waals surface area (Å²) in [5, 5.41) is 20.8. The zero-order valence-electron chi connectivity index (χ0n) is 6.79. The monoisotopic (exact) mass is 159 g/mol. The fourth-order valence-electron chi connectivity index (χ4n) is 1.06. The first-order valence-electron chi connectivity index (χ1n) is 4.32. The molecule has 0 radical (unpaired) electrons. The fraction of sp³-hybridized carbons (Fsp3) is 1.00. The molecule has 0 aliphatic heterocycles. The summed E-state index contributed by atoms with van der Waals surface area (Å²) in [5.41, 5.74) is 0. The molecular weight excluding hydrogens is 142 g/mol. The molecule has 0 aromatic heterocycles. The van der Waals surface area contributed by atoms with E-state index in [0.29, 0.717) is 12.5 Å². The van der Waals surface area contributed by atoms with E-state index in [1.807, 2.05) is 0 Å². The summed E-state index contributed by atoms with van der Waals surface area (Å²) in [5.74, 6) is 0.237. The molecule has 0 bridgehead atoms. The van der Waals surface area contributed by atoms with Crippen LogP contribution in [0.5, 0.6) is 0 Å². The second kappa shape index (κ2) is 4.70. The molecule has 0 spiro atoms. The van der Waals surface area contributed by atoms with Gasteiger partial charge in [-0.05, 0) is 25.2 Å². The van der Waals surface area contributed by atoms with Crippen molar-refractivity contribution in [1.82, 2.24) is 5.32 Å². The van der Waals surface area contributed by atoms with Crippen LogP contribution in [0.4, 0.5) is 0 Å². The topological polar surface area (TPSA) is 52.5 Å². The minimum Gasteiger partial charge on any atom is -0.396 e. The maximum Gasteiger partial charge on any atom is 0.0472 e. The van der Waals surface area contributed by atoms with Gasteiger partial charge in [0.15, 0.2) is 0 Å². The van der Waals surface area contributed by atoms with Crippen molar-refractivity contribution in [1.29, 1.82) is 0 Å². The van der Waals surface area contributed by atoms with Gasteiger partial charge in [-0.3, -0.25) is 0 Å². The van der Waals surface area contributed by atoms with Gasteiger partial charge >= 0.3 is 0 Å². The van der Waals surface area contributed by atoms with Crippen molar-refractivity contribution in [2.24, 2.45) is 5.92 Å². The summed E-state index contributed by atoms with van der Waals surface area (Å²) in [4.78, 5) is 0. The quantitative estimate of drug-likeness (QED) is 0.500. The molecule has 1 unspecified atom stereocenters. The average Bonchev–Trinajstić information content (AvgIpc) is 2.81. The summed E-state index contributed by atoms with van der Waals surface area (Å²) in [6.45, 7) is 1.21. The predicted octanol–water partition coefficient (Wildman–Crippen LogP) is -0.271. The molecule has 0 amide bonds. The van der Waals surface area contributed by atoms with Gasteiger partial charge in [-0.25, -0.2) is 0 Å². The maximum atomic E-state index is 8.84. The Kier molecular flexibility index (Phi) is 3.83. The number of rotatable bonds is 6. The lowest BCUT2D eigenvalue weighted by atomic mass is 10.1. The molecule has 1 saturated carbocycles. The van der Waals surface area contributed by atoms with Crippen LogP contribution in [0.3, 0.4) is 0 Å². The van der Waals surface area contributed by atoms with Crippen LogP contribution in [0.1, 0.15) is 19.3 Å². The fourth-order valence-corrected chi connectivity index (χ4v) is 1.06. The Bertz CT molecular complexity index is 104. The van der Waals surface area contributed by atoms with Crippen LogP contribution in [0.15, 0.2) is 0 Å². The Morgan fingerprint density at radius 1 is 1.36 bits per heavy atom. The van der Waals surface area contributed by atoms with Crippen molar-refractivity contribution in [2.45, 2.75) is 25.3 Å². The molecule has 11 heavy (non-hydrogen) atoms. The first kappa shape index (κ1) is 8.97. The number of hydrogen-bond acceptors (Lipinski definition) is 3. The molecule has 0 heterocycles. The summed E-state index contributed by atoms with van der Waals surface area (Å²) >= 11 is 0. The SMILES string of the molecule is OCCC(CO)CNC1CC1. The van der Waals surface area contributed by atoms with Gasteiger partial charge in [-0.1, -0.05) is 0 Å². The molecule has 1 aliphatic carbocycles. The van der Waals surface area contributed by atoms with E-state index >= 15 is 0 Å². The third kappa shape index (κ3) is 3.70. The molecule has 3 N–H and O–H groups in total. The maximum absolute atomic E-state index is 8.84. The standard InChI is InChI=1S/C8H17NO2/c10-4-3-7(6-11)5-9-8-1-2-8/h7-11H,1-6H2. The number of hydrogen-bond donors (Lipinski definition) is 3. The molecular formula is C8H17NO2. The Morgan fingerprint density at radius 3 is 2.55 bits per heavy atom. The van der Waals surface area contributed by atoms with Crippen LogP contribution < -0.4 is 5.32 Å². The van der Waals surface area contributed by atoms with Crippen molar-refractivity contribution in [3.05, 3.63) is 0 Å². The molecule has 1 fully saturated rings. The van der Waals surface area contributed by atoms with E-state index in [4.69, 9.17) is 10.2 Å². The summed E-state index contributed by atoms with van der Waals surface area (Å²) in [6, 6.07) is 0.697. The molecule has 0 aromatic carbocycles. The molecule has 0 aromatic rings. The highest BCUT2D eigenvalue weighted by atomic mass is 16.3. The second-order valence-electron chi connectivity index (χ2n) is 3.24. The Balaban J connectivity index is 1.98. The number of nitrogens with one attached hydrogen (secondary N) is 1. The van der Waals surface area contributed by atoms with Crippen LogP contribution in [-0.4, -0.2) is 36.0 Å². The van der Waals surface area contributed by atoms with Crippen molar-refractivity contribution < 1.29 is 10.2 Å². The van der Waals surface area contributed by atoms with Crippen LogP contribution in [0.25, 0.3) is 0 Å². The third-order valence-corrected chi connectivity index (χ3v) is 2.07. The van der Waals surface area contributed by atoms with E-state index in [1.54, 1.807) is 0 Å². The average molecular weight is 159 g/mol. The lowest BCUT2D eigenvalue weighted by molar-refractivity contribution is 0.181. The summed E-state index contributed by atoms with van der Waals surface area (Å²) < 4.78 is 0. The van der Waals surface area contributed by atoms with Crippen LogP contribution in [0, 0.1) is 5.92 Å². The summed E-state index contributed by atoms with van der Waals surface area (Å²) in [6.07, 6.45) is 3.25. The van der Waals surface area contributed by atoms with Crippen molar-refractivity contribution in [3.8, 4) is 0 Å². The van der Waals surface area contributed by atoms with Gasteiger partial charge in [0.25, 0.3) is 0 Å². The van der Waals surface area contributed by atoms with E-state index < -0.39 is 0 Å². The minimum absolute atomic E-state index is 0.178. The van der Waals surface area contributed by atoms with E-state index in [2.05, 4.69) is 5.32 Å². The summed E-state index contributed by atoms with van der Waals surface area (Å²) in [7, 11) is 0. The van der Waals surface area contributed by atoms with Crippen molar-refractivity contribution in [2.75, 3.05) is 19.8 Å². The van der Waals surface area contributed by atoms with Gasteiger partial charge in [-0.15, -0.1) is 0 Å². The van der Waals surface area contributed by atoms with Gasteiger partial charge in [-0.2, -0.15) is 0 Å². The zero-order valence-corrected chi connectivity index (χ0v) is 6.79. The lowest BCUT2D eigenvalue weighted by Gasteiger charge is -2.12. The predicted molar refractivity (Wildman–Crippen MR) is 43.3 cm³/mol. The molecule has 1 aliphatic rings. The highest BCUT2D eigenvalue weighted by Gasteiger charge is 2.21. The molecule has 66 valence electrons. The van der Waals surface area contributed by atoms with E-state index in [-0.39, 0.29) is 19.1 Å². The highest BCUT2D eigenvalue weighted by molar-refractivity contribution is 4.81. The van der Waals surface area contributed by atoms with Gasteiger partial charge in [0.2, 0.25) is 0 Å². The second-order valence-corrected chi connectivity index (χ2v) is 3.24. The molecule has 3 heteroatoms. The molecule has 1 rings (SSSR count). The first-order valence-corrected chi connectivity index (χ1v) is 4.32. The normalized spacial score (nSPS) is 20.2. The van der Waals surface area contributed by atoms with Crippen LogP contribution in [-0.2, 0) is 0 Å². The largest absolute Gasteiger partial charge is 0.396 e. The Morgan fingerprint density at radius 2 is 2.09 bits per heavy atom. The van der Waals surface area contributed by atoms with Gasteiger partial charge in [0, 0.05) is 25.8 Å². The van der Waals surface area contributed by atoms with Crippen molar-refractivity contribution >= 4 is 0 Å². The number of aliphatic hydroxyl groups excluding tert-OH is 2. The van der Waals surface area contributed by atoms with E-state index in [1.165, 1.54) is 12.8 Å². The van der Waals surface area contributed by atoms with E-state index in [9.17, 15) is 0 Å². The molecule has 0 saturated heterocycles. The minimum atomic E-state index is 0.178.